The number of carbonyl (C=O) groups is 1. The molecular weight excluding hydrogens is 294 g/mol. The van der Waals surface area contributed by atoms with Gasteiger partial charge in [0, 0.05) is 17.2 Å². The molecule has 1 rings (SSSR count). The van der Waals surface area contributed by atoms with Crippen LogP contribution in [-0.4, -0.2) is 18.8 Å². The standard InChI is InChI=1S/C13H16BrN3O/c1-3-4-5-12(16-2)17-13(18)10-8-9(14)6-7-11(10)15/h4-8H,3,15H2,1-2H3,(H,16,17,18)/b5-4-. The first kappa shape index (κ1) is 14.4. The number of nitrogens with one attached hydrogen (secondary N) is 1. The normalized spacial score (nSPS) is 11.8. The number of rotatable bonds is 3. The highest BCUT2D eigenvalue weighted by Crippen LogP contribution is 2.18. The van der Waals surface area contributed by atoms with Crippen molar-refractivity contribution in [2.45, 2.75) is 13.3 Å². The third kappa shape index (κ3) is 4.00. The maximum atomic E-state index is 12.0. The first-order chi connectivity index (χ1) is 8.58. The highest BCUT2D eigenvalue weighted by atomic mass is 79.9. The lowest BCUT2D eigenvalue weighted by atomic mass is 10.1. The van der Waals surface area contributed by atoms with E-state index in [0.29, 0.717) is 17.1 Å². The molecule has 0 fully saturated rings. The fourth-order valence-corrected chi connectivity index (χ4v) is 1.67. The van der Waals surface area contributed by atoms with E-state index in [9.17, 15) is 4.79 Å². The summed E-state index contributed by atoms with van der Waals surface area (Å²) in [4.78, 5) is 16.0. The predicted octanol–water partition coefficient (Wildman–Crippen LogP) is 2.76. The summed E-state index contributed by atoms with van der Waals surface area (Å²) in [6.45, 7) is 2.01. The minimum Gasteiger partial charge on any atom is -0.398 e. The zero-order valence-electron chi connectivity index (χ0n) is 10.4. The lowest BCUT2D eigenvalue weighted by molar-refractivity contribution is 0.0978. The number of hydrogen-bond donors (Lipinski definition) is 2. The first-order valence-corrected chi connectivity index (χ1v) is 6.37. The van der Waals surface area contributed by atoms with Crippen LogP contribution in [0.25, 0.3) is 0 Å². The molecule has 5 heteroatoms. The van der Waals surface area contributed by atoms with Crippen molar-refractivity contribution in [3.63, 3.8) is 0 Å². The Kier molecular flexibility index (Phi) is 5.58. The van der Waals surface area contributed by atoms with Gasteiger partial charge in [-0.25, -0.2) is 0 Å². The van der Waals surface area contributed by atoms with Gasteiger partial charge in [0.15, 0.2) is 0 Å². The second-order valence-electron chi connectivity index (χ2n) is 3.61. The molecule has 0 spiro atoms. The van der Waals surface area contributed by atoms with Crippen molar-refractivity contribution < 1.29 is 4.79 Å². The van der Waals surface area contributed by atoms with Gasteiger partial charge in [-0.05, 0) is 30.7 Å². The zero-order chi connectivity index (χ0) is 13.5. The molecule has 0 radical (unpaired) electrons. The molecule has 1 aromatic carbocycles. The average Bonchev–Trinajstić information content (AvgIpc) is 2.37. The summed E-state index contributed by atoms with van der Waals surface area (Å²) in [5.74, 6) is 0.247. The van der Waals surface area contributed by atoms with Crippen molar-refractivity contribution in [3.05, 3.63) is 40.4 Å². The third-order valence-corrected chi connectivity index (χ3v) is 2.75. The van der Waals surface area contributed by atoms with E-state index in [1.807, 2.05) is 13.0 Å². The highest BCUT2D eigenvalue weighted by molar-refractivity contribution is 9.10. The third-order valence-electron chi connectivity index (χ3n) is 2.25. The molecule has 3 N–H and O–H groups in total. The molecule has 1 aromatic rings. The van der Waals surface area contributed by atoms with Gasteiger partial charge in [-0.3, -0.25) is 9.79 Å². The van der Waals surface area contributed by atoms with Crippen LogP contribution in [0.5, 0.6) is 0 Å². The van der Waals surface area contributed by atoms with E-state index >= 15 is 0 Å². The number of anilines is 1. The van der Waals surface area contributed by atoms with Gasteiger partial charge >= 0.3 is 0 Å². The lowest BCUT2D eigenvalue weighted by Gasteiger charge is -2.07. The fourth-order valence-electron chi connectivity index (χ4n) is 1.31. The van der Waals surface area contributed by atoms with Crippen LogP contribution in [-0.2, 0) is 0 Å². The molecule has 0 saturated carbocycles. The molecule has 0 aliphatic rings. The van der Waals surface area contributed by atoms with Gasteiger partial charge in [0.1, 0.15) is 5.84 Å². The molecular formula is C13H16BrN3O. The van der Waals surface area contributed by atoms with Gasteiger partial charge in [-0.2, -0.15) is 0 Å². The Morgan fingerprint density at radius 2 is 2.28 bits per heavy atom. The van der Waals surface area contributed by atoms with E-state index in [4.69, 9.17) is 5.73 Å². The van der Waals surface area contributed by atoms with E-state index < -0.39 is 0 Å². The number of amides is 1. The van der Waals surface area contributed by atoms with Gasteiger partial charge < -0.3 is 11.1 Å². The summed E-state index contributed by atoms with van der Waals surface area (Å²) in [5.41, 5.74) is 6.63. The summed E-state index contributed by atoms with van der Waals surface area (Å²) in [7, 11) is 1.62. The number of halogens is 1. The molecule has 0 aromatic heterocycles. The number of benzene rings is 1. The maximum Gasteiger partial charge on any atom is 0.258 e. The molecule has 0 bridgehead atoms. The number of amidine groups is 1. The van der Waals surface area contributed by atoms with Gasteiger partial charge in [0.2, 0.25) is 0 Å². The average molecular weight is 310 g/mol. The second kappa shape index (κ2) is 6.96. The van der Waals surface area contributed by atoms with Crippen molar-refractivity contribution in [1.29, 1.82) is 0 Å². The van der Waals surface area contributed by atoms with Crippen LogP contribution in [0, 0.1) is 0 Å². The summed E-state index contributed by atoms with van der Waals surface area (Å²) in [6, 6.07) is 5.16. The topological polar surface area (TPSA) is 67.5 Å². The quantitative estimate of drug-likeness (QED) is 0.512. The van der Waals surface area contributed by atoms with Crippen LogP contribution in [0.4, 0.5) is 5.69 Å². The molecule has 0 unspecified atom stereocenters. The molecule has 96 valence electrons. The Bertz CT molecular complexity index is 495. The minimum atomic E-state index is -0.268. The van der Waals surface area contributed by atoms with Crippen molar-refractivity contribution >= 4 is 33.4 Å². The van der Waals surface area contributed by atoms with Crippen LogP contribution in [0.1, 0.15) is 23.7 Å². The van der Waals surface area contributed by atoms with E-state index in [0.717, 1.165) is 10.9 Å². The Hall–Kier alpha value is -1.62. The van der Waals surface area contributed by atoms with E-state index in [2.05, 4.69) is 26.2 Å². The zero-order valence-corrected chi connectivity index (χ0v) is 12.0. The summed E-state index contributed by atoms with van der Waals surface area (Å²) in [5, 5.41) is 2.71. The molecule has 1 amide bonds. The number of nitrogen functional groups attached to an aromatic ring is 1. The minimum absolute atomic E-state index is 0.268. The number of carbonyl (C=O) groups excluding carboxylic acids is 1. The molecule has 0 saturated heterocycles. The largest absolute Gasteiger partial charge is 0.398 e. The van der Waals surface area contributed by atoms with Gasteiger partial charge in [0.25, 0.3) is 5.91 Å². The SMILES string of the molecule is CC/C=C\C(=NC)NC(=O)c1cc(Br)ccc1N. The van der Waals surface area contributed by atoms with Gasteiger partial charge in [0.05, 0.1) is 5.56 Å². The Labute approximate surface area is 115 Å². The van der Waals surface area contributed by atoms with Crippen LogP contribution < -0.4 is 11.1 Å². The monoisotopic (exact) mass is 309 g/mol. The molecule has 4 nitrogen and oxygen atoms in total. The van der Waals surface area contributed by atoms with E-state index in [1.165, 1.54) is 0 Å². The van der Waals surface area contributed by atoms with E-state index in [-0.39, 0.29) is 5.91 Å². The van der Waals surface area contributed by atoms with Crippen LogP contribution in [0.15, 0.2) is 39.8 Å². The molecule has 0 aliphatic heterocycles. The smallest absolute Gasteiger partial charge is 0.258 e. The van der Waals surface area contributed by atoms with E-state index in [1.54, 1.807) is 31.3 Å². The van der Waals surface area contributed by atoms with Crippen molar-refractivity contribution in [3.8, 4) is 0 Å². The second-order valence-corrected chi connectivity index (χ2v) is 4.52. The molecule has 0 atom stereocenters. The van der Waals surface area contributed by atoms with Crippen LogP contribution >= 0.6 is 15.9 Å². The predicted molar refractivity (Wildman–Crippen MR) is 78.8 cm³/mol. The summed E-state index contributed by atoms with van der Waals surface area (Å²) < 4.78 is 0.806. The van der Waals surface area contributed by atoms with Gasteiger partial charge in [-0.1, -0.05) is 28.9 Å². The number of nitrogens with two attached hydrogens (primary N) is 1. The number of aliphatic imine (C=N–C) groups is 1. The summed E-state index contributed by atoms with van der Waals surface area (Å²) in [6.07, 6.45) is 4.58. The Morgan fingerprint density at radius 3 is 2.89 bits per heavy atom. The first-order valence-electron chi connectivity index (χ1n) is 5.58. The number of nitrogens with zero attached hydrogens (tertiary/aromatic N) is 1. The maximum absolute atomic E-state index is 12.0. The molecule has 0 aliphatic carbocycles. The van der Waals surface area contributed by atoms with Crippen molar-refractivity contribution in [2.24, 2.45) is 4.99 Å². The van der Waals surface area contributed by atoms with Crippen LogP contribution in [0.2, 0.25) is 0 Å². The molecule has 18 heavy (non-hydrogen) atoms. The van der Waals surface area contributed by atoms with Gasteiger partial charge in [-0.15, -0.1) is 0 Å². The molecule has 0 heterocycles. The van der Waals surface area contributed by atoms with Crippen molar-refractivity contribution in [1.82, 2.24) is 5.32 Å². The summed E-state index contributed by atoms with van der Waals surface area (Å²) >= 11 is 3.31. The fraction of sp³-hybridized carbons (Fsp3) is 0.231. The number of allylic oxidation sites excluding steroid dienone is 1. The number of hydrogen-bond acceptors (Lipinski definition) is 3. The van der Waals surface area contributed by atoms with Crippen molar-refractivity contribution in [2.75, 3.05) is 12.8 Å². The highest BCUT2D eigenvalue weighted by Gasteiger charge is 2.11. The lowest BCUT2D eigenvalue weighted by Crippen LogP contribution is -2.29. The van der Waals surface area contributed by atoms with Crippen LogP contribution in [0.3, 0.4) is 0 Å². The Morgan fingerprint density at radius 1 is 1.56 bits per heavy atom. The Balaban J connectivity index is 2.88.